The first kappa shape index (κ1) is 36.6. The van der Waals surface area contributed by atoms with E-state index >= 15 is 0 Å². The second-order valence-electron chi connectivity index (χ2n) is 10.2. The molecular weight excluding hydrogens is 709 g/mol. The highest BCUT2D eigenvalue weighted by molar-refractivity contribution is 7.92. The van der Waals surface area contributed by atoms with Crippen LogP contribution in [-0.4, -0.2) is 42.2 Å². The third-order valence-electron chi connectivity index (χ3n) is 7.12. The molecule has 0 fully saturated rings. The Morgan fingerprint density at radius 2 is 0.957 bits per heavy atom. The number of hydrogen-bond donors (Lipinski definition) is 4. The highest BCUT2D eigenvalue weighted by atomic mass is 35.5. The van der Waals surface area contributed by atoms with Gasteiger partial charge < -0.3 is 29.0 Å². The zero-order chi connectivity index (χ0) is 34.6. The van der Waals surface area contributed by atoms with Gasteiger partial charge in [-0.05, 0) is 70.8 Å². The summed E-state index contributed by atoms with van der Waals surface area (Å²) in [6, 6.07) is 20.0. The summed E-state index contributed by atoms with van der Waals surface area (Å²) in [5.41, 5.74) is 1.38. The lowest BCUT2D eigenvalue weighted by Crippen LogP contribution is -2.19. The normalized spacial score (nSPS) is 14.0. The van der Waals surface area contributed by atoms with Crippen LogP contribution < -0.4 is 20.1 Å². The average molecular weight is 740 g/mol. The van der Waals surface area contributed by atoms with Crippen molar-refractivity contribution in [1.29, 1.82) is 0 Å². The average Bonchev–Trinajstić information content (AvgIpc) is 3.01. The third kappa shape index (κ3) is 9.03. The van der Waals surface area contributed by atoms with Gasteiger partial charge in [0.15, 0.2) is 9.84 Å². The van der Waals surface area contributed by atoms with Crippen molar-refractivity contribution in [3.05, 3.63) is 129 Å². The van der Waals surface area contributed by atoms with E-state index in [9.17, 15) is 37.1 Å². The largest absolute Gasteiger partial charge is 0.497 e. The molecule has 2 atom stereocenters. The fourth-order valence-corrected chi connectivity index (χ4v) is 8.44. The van der Waals surface area contributed by atoms with Crippen molar-refractivity contribution in [1.82, 2.24) is 0 Å². The molecule has 4 rings (SSSR count). The standard InChI is InChI=1S/C32H30Cl2O10P2S/c1-43-23-9-15-27(29(33)19-23)31(17-7-21-3-11-25(12-4-21)45(35,36)37)47(41,42)32(28-16-10-24(44-2)20-30(28)34)18-8-22-5-13-26(14-6-22)46(38,39)40/h3-20,31-32H,1-2H3,(H2,35,36,37)(H2,38,39,40)/b17-7-,18-8-. The summed E-state index contributed by atoms with van der Waals surface area (Å²) in [4.78, 5) is 37.8. The fourth-order valence-electron chi connectivity index (χ4n) is 4.63. The van der Waals surface area contributed by atoms with Crippen molar-refractivity contribution in [3.63, 3.8) is 0 Å². The van der Waals surface area contributed by atoms with E-state index in [0.717, 1.165) is 0 Å². The molecule has 4 aromatic carbocycles. The van der Waals surface area contributed by atoms with Gasteiger partial charge in [-0.3, -0.25) is 9.13 Å². The van der Waals surface area contributed by atoms with Gasteiger partial charge in [0.25, 0.3) is 0 Å². The monoisotopic (exact) mass is 738 g/mol. The summed E-state index contributed by atoms with van der Waals surface area (Å²) in [6.45, 7) is 0. The Labute approximate surface area is 282 Å². The van der Waals surface area contributed by atoms with E-state index in [1.54, 1.807) is 12.1 Å². The first-order valence-corrected chi connectivity index (χ1v) is 19.2. The molecular formula is C32H30Cl2O10P2S. The number of ether oxygens (including phenoxy) is 2. The van der Waals surface area contributed by atoms with Crippen LogP contribution in [0.25, 0.3) is 12.2 Å². The van der Waals surface area contributed by atoms with Gasteiger partial charge >= 0.3 is 15.2 Å². The van der Waals surface area contributed by atoms with Gasteiger partial charge in [0.05, 0.1) is 24.8 Å². The third-order valence-corrected chi connectivity index (χ3v) is 12.0. The Bertz CT molecular complexity index is 1860. The molecule has 0 aliphatic heterocycles. The number of rotatable bonds is 12. The van der Waals surface area contributed by atoms with Crippen molar-refractivity contribution in [2.24, 2.45) is 0 Å². The molecule has 15 heteroatoms. The predicted octanol–water partition coefficient (Wildman–Crippen LogP) is 6.24. The summed E-state index contributed by atoms with van der Waals surface area (Å²) in [7, 11) is -10.4. The Kier molecular flexibility index (Phi) is 11.6. The lowest BCUT2D eigenvalue weighted by molar-refractivity contribution is 0.385. The van der Waals surface area contributed by atoms with Crippen LogP contribution in [0.15, 0.2) is 97.1 Å². The number of halogens is 2. The highest BCUT2D eigenvalue weighted by Gasteiger charge is 2.36. The maximum absolute atomic E-state index is 14.8. The molecule has 4 aromatic rings. The summed E-state index contributed by atoms with van der Waals surface area (Å²) >= 11 is 13.2. The van der Waals surface area contributed by atoms with Crippen molar-refractivity contribution >= 4 is 71.0 Å². The summed E-state index contributed by atoms with van der Waals surface area (Å²) in [6.07, 6.45) is 5.85. The van der Waals surface area contributed by atoms with E-state index in [0.29, 0.717) is 22.6 Å². The molecule has 47 heavy (non-hydrogen) atoms. The van der Waals surface area contributed by atoms with Crippen molar-refractivity contribution < 1.29 is 46.6 Å². The fraction of sp³-hybridized carbons (Fsp3) is 0.125. The smallest absolute Gasteiger partial charge is 0.356 e. The Morgan fingerprint density at radius 3 is 1.23 bits per heavy atom. The van der Waals surface area contributed by atoms with Gasteiger partial charge in [0.1, 0.15) is 22.0 Å². The van der Waals surface area contributed by atoms with Crippen molar-refractivity contribution in [2.75, 3.05) is 14.2 Å². The first-order valence-electron chi connectivity index (χ1n) is 13.6. The predicted molar refractivity (Wildman–Crippen MR) is 185 cm³/mol. The second kappa shape index (κ2) is 14.9. The van der Waals surface area contributed by atoms with Gasteiger partial charge in [-0.25, -0.2) is 8.42 Å². The van der Waals surface area contributed by atoms with Crippen LogP contribution in [0.4, 0.5) is 0 Å². The first-order chi connectivity index (χ1) is 22.0. The molecule has 0 bridgehead atoms. The molecule has 0 heterocycles. The van der Waals surface area contributed by atoms with Crippen LogP contribution in [0.2, 0.25) is 10.0 Å². The topological polar surface area (TPSA) is 168 Å². The Hall–Kier alpha value is -3.21. The molecule has 4 N–H and O–H groups in total. The highest BCUT2D eigenvalue weighted by Crippen LogP contribution is 2.43. The lowest BCUT2D eigenvalue weighted by atomic mass is 10.1. The molecule has 10 nitrogen and oxygen atoms in total. The van der Waals surface area contributed by atoms with Crippen molar-refractivity contribution in [2.45, 2.75) is 10.5 Å². The molecule has 0 saturated heterocycles. The maximum Gasteiger partial charge on any atom is 0.356 e. The van der Waals surface area contributed by atoms with Crippen LogP contribution in [0.3, 0.4) is 0 Å². The molecule has 0 aromatic heterocycles. The minimum absolute atomic E-state index is 0.107. The lowest BCUT2D eigenvalue weighted by Gasteiger charge is -2.23. The van der Waals surface area contributed by atoms with E-state index in [1.165, 1.54) is 111 Å². The van der Waals surface area contributed by atoms with Gasteiger partial charge in [-0.2, -0.15) is 0 Å². The van der Waals surface area contributed by atoms with Gasteiger partial charge in [-0.15, -0.1) is 0 Å². The van der Waals surface area contributed by atoms with Crippen LogP contribution in [0.5, 0.6) is 11.5 Å². The zero-order valence-electron chi connectivity index (χ0n) is 24.8. The van der Waals surface area contributed by atoms with Crippen LogP contribution in [0, 0.1) is 0 Å². The van der Waals surface area contributed by atoms with E-state index in [1.807, 2.05) is 0 Å². The van der Waals surface area contributed by atoms with Crippen molar-refractivity contribution in [3.8, 4) is 11.5 Å². The maximum atomic E-state index is 14.8. The SMILES string of the molecule is COc1ccc(C(/C=C\c2ccc(P(=O)(O)O)cc2)S(=O)(=O)C(/C=C\c2ccc(P(=O)(O)O)cc2)c2ccc(OC)cc2Cl)c(Cl)c1. The summed E-state index contributed by atoms with van der Waals surface area (Å²) in [5, 5.41) is -2.90. The Balaban J connectivity index is 1.88. The molecule has 0 spiro atoms. The molecule has 2 unspecified atom stereocenters. The van der Waals surface area contributed by atoms with Crippen LogP contribution in [-0.2, 0) is 19.0 Å². The second-order valence-corrected chi connectivity index (χ2v) is 16.4. The minimum Gasteiger partial charge on any atom is -0.497 e. The van der Waals surface area contributed by atoms with E-state index in [2.05, 4.69) is 0 Å². The summed E-state index contributed by atoms with van der Waals surface area (Å²) < 4.78 is 63.3. The zero-order valence-corrected chi connectivity index (χ0v) is 29.0. The molecule has 0 saturated carbocycles. The number of hydrogen-bond acceptors (Lipinski definition) is 6. The van der Waals surface area contributed by atoms with E-state index in [-0.39, 0.29) is 31.8 Å². The number of methoxy groups -OCH3 is 2. The molecule has 0 radical (unpaired) electrons. The van der Waals surface area contributed by atoms with Gasteiger partial charge in [0.2, 0.25) is 0 Å². The van der Waals surface area contributed by atoms with Crippen LogP contribution in [0.1, 0.15) is 32.8 Å². The molecule has 0 aliphatic carbocycles. The van der Waals surface area contributed by atoms with Gasteiger partial charge in [0, 0.05) is 10.0 Å². The quantitative estimate of drug-likeness (QED) is 0.122. The Morgan fingerprint density at radius 1 is 0.617 bits per heavy atom. The number of benzene rings is 4. The van der Waals surface area contributed by atoms with E-state index in [4.69, 9.17) is 32.7 Å². The van der Waals surface area contributed by atoms with Gasteiger partial charge in [-0.1, -0.05) is 83.9 Å². The van der Waals surface area contributed by atoms with E-state index < -0.39 is 35.5 Å². The molecule has 248 valence electrons. The van der Waals surface area contributed by atoms with Crippen LogP contribution >= 0.6 is 38.4 Å². The minimum atomic E-state index is -4.48. The molecule has 0 aliphatic rings. The summed E-state index contributed by atoms with van der Waals surface area (Å²) in [5.74, 6) is 0.806. The number of sulfone groups is 1. The molecule has 0 amide bonds.